The summed E-state index contributed by atoms with van der Waals surface area (Å²) in [5, 5.41) is 22.0. The Kier molecular flexibility index (Phi) is 3.77. The van der Waals surface area contributed by atoms with Crippen molar-refractivity contribution in [2.45, 2.75) is 6.04 Å². The van der Waals surface area contributed by atoms with Crippen LogP contribution in [0.3, 0.4) is 0 Å². The number of aromatic hydroxyl groups is 1. The number of phenolic OH excluding ortho intramolecular Hbond substituents is 1. The molecule has 1 aromatic rings. The molecule has 1 fully saturated rings. The molecule has 1 atom stereocenters. The van der Waals surface area contributed by atoms with Crippen molar-refractivity contribution < 1.29 is 10.2 Å². The number of aliphatic hydroxyl groups is 1. The van der Waals surface area contributed by atoms with Gasteiger partial charge in [0.25, 0.3) is 0 Å². The van der Waals surface area contributed by atoms with Crippen molar-refractivity contribution in [3.8, 4) is 5.75 Å². The minimum atomic E-state index is 0.0442. The van der Waals surface area contributed by atoms with Gasteiger partial charge in [0.1, 0.15) is 5.75 Å². The first-order valence-corrected chi connectivity index (χ1v) is 5.66. The number of piperazine rings is 1. The molecule has 88 valence electrons. The Hall–Kier alpha value is -1.10. The Morgan fingerprint density at radius 1 is 1.19 bits per heavy atom. The first-order valence-electron chi connectivity index (χ1n) is 5.66. The highest BCUT2D eigenvalue weighted by Crippen LogP contribution is 2.22. The van der Waals surface area contributed by atoms with Crippen molar-refractivity contribution in [3.05, 3.63) is 29.8 Å². The number of benzene rings is 1. The molecule has 1 aliphatic rings. The van der Waals surface area contributed by atoms with Crippen LogP contribution in [0.1, 0.15) is 11.6 Å². The highest BCUT2D eigenvalue weighted by atomic mass is 16.3. The zero-order chi connectivity index (χ0) is 11.4. The third-order valence-electron chi connectivity index (χ3n) is 3.04. The maximum atomic E-state index is 9.48. The summed E-state index contributed by atoms with van der Waals surface area (Å²) in [6, 6.07) is 7.12. The first-order chi connectivity index (χ1) is 7.81. The molecule has 0 unspecified atom stereocenters. The van der Waals surface area contributed by atoms with Crippen LogP contribution in [-0.2, 0) is 0 Å². The van der Waals surface area contributed by atoms with Crippen molar-refractivity contribution in [2.24, 2.45) is 0 Å². The fraction of sp³-hybridized carbons (Fsp3) is 0.500. The average molecular weight is 222 g/mol. The molecule has 1 saturated heterocycles. The van der Waals surface area contributed by atoms with Gasteiger partial charge in [-0.25, -0.2) is 0 Å². The van der Waals surface area contributed by atoms with E-state index in [1.807, 2.05) is 12.1 Å². The lowest BCUT2D eigenvalue weighted by Crippen LogP contribution is -2.46. The second-order valence-electron chi connectivity index (χ2n) is 4.08. The summed E-state index contributed by atoms with van der Waals surface area (Å²) in [4.78, 5) is 2.27. The third-order valence-corrected chi connectivity index (χ3v) is 3.04. The van der Waals surface area contributed by atoms with E-state index in [2.05, 4.69) is 10.2 Å². The molecule has 16 heavy (non-hydrogen) atoms. The zero-order valence-electron chi connectivity index (χ0n) is 9.26. The first kappa shape index (κ1) is 11.4. The normalized spacial score (nSPS) is 19.6. The van der Waals surface area contributed by atoms with E-state index < -0.39 is 0 Å². The minimum Gasteiger partial charge on any atom is -0.508 e. The summed E-state index contributed by atoms with van der Waals surface area (Å²) in [6.07, 6.45) is 0. The number of hydrogen-bond acceptors (Lipinski definition) is 4. The van der Waals surface area contributed by atoms with Crippen molar-refractivity contribution >= 4 is 0 Å². The SMILES string of the molecule is OC[C@H](c1ccc(O)cc1)N1CCNCC1. The lowest BCUT2D eigenvalue weighted by Gasteiger charge is -2.34. The Labute approximate surface area is 95.5 Å². The van der Waals surface area contributed by atoms with Gasteiger partial charge >= 0.3 is 0 Å². The predicted molar refractivity (Wildman–Crippen MR) is 62.4 cm³/mol. The van der Waals surface area contributed by atoms with Crippen molar-refractivity contribution in [1.82, 2.24) is 10.2 Å². The summed E-state index contributed by atoms with van der Waals surface area (Å²) < 4.78 is 0. The number of rotatable bonds is 3. The topological polar surface area (TPSA) is 55.7 Å². The Bertz CT molecular complexity index is 320. The quantitative estimate of drug-likeness (QED) is 0.690. The van der Waals surface area contributed by atoms with Gasteiger partial charge in [0.15, 0.2) is 0 Å². The van der Waals surface area contributed by atoms with Crippen molar-refractivity contribution in [1.29, 1.82) is 0 Å². The molecule has 1 heterocycles. The molecular formula is C12H18N2O2. The molecule has 0 bridgehead atoms. The summed E-state index contributed by atoms with van der Waals surface area (Å²) in [7, 11) is 0. The maximum Gasteiger partial charge on any atom is 0.115 e. The van der Waals surface area contributed by atoms with E-state index in [0.717, 1.165) is 31.7 Å². The van der Waals surface area contributed by atoms with Crippen molar-refractivity contribution in [3.63, 3.8) is 0 Å². The van der Waals surface area contributed by atoms with Gasteiger partial charge in [0.05, 0.1) is 12.6 Å². The molecule has 0 aliphatic carbocycles. The molecule has 0 amide bonds. The zero-order valence-corrected chi connectivity index (χ0v) is 9.26. The Morgan fingerprint density at radius 2 is 1.81 bits per heavy atom. The van der Waals surface area contributed by atoms with E-state index in [9.17, 15) is 10.2 Å². The fourth-order valence-corrected chi connectivity index (χ4v) is 2.12. The Morgan fingerprint density at radius 3 is 2.38 bits per heavy atom. The van der Waals surface area contributed by atoms with Gasteiger partial charge in [-0.15, -0.1) is 0 Å². The van der Waals surface area contributed by atoms with Crippen LogP contribution in [0.5, 0.6) is 5.75 Å². The van der Waals surface area contributed by atoms with Gasteiger partial charge in [-0.05, 0) is 17.7 Å². The molecule has 1 aromatic carbocycles. The molecule has 3 N–H and O–H groups in total. The van der Waals surface area contributed by atoms with E-state index in [-0.39, 0.29) is 18.4 Å². The highest BCUT2D eigenvalue weighted by Gasteiger charge is 2.20. The lowest BCUT2D eigenvalue weighted by atomic mass is 10.1. The Balaban J connectivity index is 2.11. The van der Waals surface area contributed by atoms with Gasteiger partial charge in [0, 0.05) is 26.2 Å². The maximum absolute atomic E-state index is 9.48. The molecule has 1 aliphatic heterocycles. The monoisotopic (exact) mass is 222 g/mol. The van der Waals surface area contributed by atoms with E-state index in [0.29, 0.717) is 0 Å². The van der Waals surface area contributed by atoms with Crippen LogP contribution < -0.4 is 5.32 Å². The van der Waals surface area contributed by atoms with E-state index in [1.165, 1.54) is 0 Å². The molecule has 4 nitrogen and oxygen atoms in total. The molecule has 0 saturated carbocycles. The van der Waals surface area contributed by atoms with Gasteiger partial charge in [0.2, 0.25) is 0 Å². The smallest absolute Gasteiger partial charge is 0.115 e. The summed E-state index contributed by atoms with van der Waals surface area (Å²) >= 11 is 0. The molecular weight excluding hydrogens is 204 g/mol. The lowest BCUT2D eigenvalue weighted by molar-refractivity contribution is 0.111. The summed E-state index contributed by atoms with van der Waals surface area (Å²) in [6.45, 7) is 3.95. The van der Waals surface area contributed by atoms with Crippen LogP contribution in [0, 0.1) is 0 Å². The standard InChI is InChI=1S/C12H18N2O2/c15-9-12(14-7-5-13-6-8-14)10-1-3-11(16)4-2-10/h1-4,12-13,15-16H,5-9H2/t12-/m1/s1. The van der Waals surface area contributed by atoms with Crippen LogP contribution in [0.2, 0.25) is 0 Å². The van der Waals surface area contributed by atoms with Crippen LogP contribution in [0.4, 0.5) is 0 Å². The number of nitrogens with zero attached hydrogens (tertiary/aromatic N) is 1. The molecule has 0 aromatic heterocycles. The molecule has 0 radical (unpaired) electrons. The largest absolute Gasteiger partial charge is 0.508 e. The fourth-order valence-electron chi connectivity index (χ4n) is 2.12. The summed E-state index contributed by atoms with van der Waals surface area (Å²) in [5.74, 6) is 0.265. The highest BCUT2D eigenvalue weighted by molar-refractivity contribution is 5.28. The number of phenols is 1. The van der Waals surface area contributed by atoms with Gasteiger partial charge < -0.3 is 15.5 Å². The van der Waals surface area contributed by atoms with Crippen LogP contribution in [-0.4, -0.2) is 47.9 Å². The number of hydrogen-bond donors (Lipinski definition) is 3. The van der Waals surface area contributed by atoms with Crippen LogP contribution in [0.25, 0.3) is 0 Å². The van der Waals surface area contributed by atoms with Crippen LogP contribution in [0.15, 0.2) is 24.3 Å². The van der Waals surface area contributed by atoms with Gasteiger partial charge in [-0.1, -0.05) is 12.1 Å². The van der Waals surface area contributed by atoms with E-state index in [4.69, 9.17) is 0 Å². The predicted octanol–water partition coefficient (Wildman–Crippen LogP) is 0.331. The number of aliphatic hydroxyl groups excluding tert-OH is 1. The van der Waals surface area contributed by atoms with Gasteiger partial charge in [-0.2, -0.15) is 0 Å². The molecule has 4 heteroatoms. The van der Waals surface area contributed by atoms with Crippen LogP contribution >= 0.6 is 0 Å². The third kappa shape index (κ3) is 2.52. The van der Waals surface area contributed by atoms with Gasteiger partial charge in [-0.3, -0.25) is 4.90 Å². The summed E-state index contributed by atoms with van der Waals surface area (Å²) in [5.41, 5.74) is 1.06. The molecule has 2 rings (SSSR count). The molecule has 0 spiro atoms. The van der Waals surface area contributed by atoms with Crippen molar-refractivity contribution in [2.75, 3.05) is 32.8 Å². The number of nitrogens with one attached hydrogen (secondary N) is 1. The van der Waals surface area contributed by atoms with E-state index in [1.54, 1.807) is 12.1 Å². The minimum absolute atomic E-state index is 0.0442. The average Bonchev–Trinajstić information content (AvgIpc) is 2.34. The second kappa shape index (κ2) is 5.30. The second-order valence-corrected chi connectivity index (χ2v) is 4.08. The van der Waals surface area contributed by atoms with E-state index >= 15 is 0 Å².